The van der Waals surface area contributed by atoms with E-state index in [1.54, 1.807) is 13.8 Å². The first-order chi connectivity index (χ1) is 19.0. The summed E-state index contributed by atoms with van der Waals surface area (Å²) in [4.78, 5) is 25.3. The Balaban J connectivity index is 2.19. The zero-order chi connectivity index (χ0) is 29.9. The van der Waals surface area contributed by atoms with Gasteiger partial charge in [0, 0.05) is 12.8 Å². The lowest BCUT2D eigenvalue weighted by Crippen LogP contribution is -2.64. The number of unbranched alkanes of at least 4 members (excludes halogenated alkanes) is 6. The third kappa shape index (κ3) is 9.30. The van der Waals surface area contributed by atoms with E-state index in [1.165, 1.54) is 0 Å². The number of ether oxygens (including phenoxy) is 5. The topological polar surface area (TPSA) is 202 Å². The molecule has 0 spiro atoms. The molecule has 9 atom stereocenters. The van der Waals surface area contributed by atoms with Gasteiger partial charge in [-0.05, 0) is 12.3 Å². The maximum atomic E-state index is 12.8. The van der Waals surface area contributed by atoms with Crippen molar-refractivity contribution in [2.75, 3.05) is 19.8 Å². The molecule has 0 aromatic heterocycles. The van der Waals surface area contributed by atoms with Gasteiger partial charge in [0.1, 0.15) is 37.1 Å². The van der Waals surface area contributed by atoms with Gasteiger partial charge in [0.05, 0.1) is 13.2 Å². The van der Waals surface area contributed by atoms with Gasteiger partial charge in [-0.3, -0.25) is 9.59 Å². The Hall–Kier alpha value is -1.42. The van der Waals surface area contributed by atoms with E-state index < -0.39 is 86.6 Å². The normalized spacial score (nSPS) is 34.2. The highest BCUT2D eigenvalue weighted by molar-refractivity contribution is 5.71. The highest BCUT2D eigenvalue weighted by atomic mass is 16.8. The summed E-state index contributed by atoms with van der Waals surface area (Å²) in [6.07, 6.45) is -5.71. The van der Waals surface area contributed by atoms with E-state index in [0.29, 0.717) is 6.42 Å². The summed E-state index contributed by atoms with van der Waals surface area (Å²) in [6, 6.07) is 0. The molecule has 40 heavy (non-hydrogen) atoms. The molecule has 2 fully saturated rings. The molecule has 13 heteroatoms. The number of esters is 2. The first-order valence-corrected chi connectivity index (χ1v) is 14.3. The molecule has 0 aromatic carbocycles. The smallest absolute Gasteiger partial charge is 0.306 e. The standard InChI is InChI=1S/C27H48O13/c1-4-5-6-7-8-9-10-11-19(31)37-24-22(34)26(36-18(14-29)23(24)38-20(32)12-16(2)3)40-27(15-30)25(35)21(33)17(13-28)39-27/h16-18,21-26,28-30,33-35H,4-15H2,1-3H3/t17-,18-,21-,22-,23-,24-,25+,26-,27+/m1/s1. The van der Waals surface area contributed by atoms with Gasteiger partial charge in [0.25, 0.3) is 0 Å². The van der Waals surface area contributed by atoms with E-state index in [1.807, 2.05) is 0 Å². The van der Waals surface area contributed by atoms with Crippen molar-refractivity contribution in [1.82, 2.24) is 0 Å². The van der Waals surface area contributed by atoms with Gasteiger partial charge < -0.3 is 54.3 Å². The molecule has 6 N–H and O–H groups in total. The minimum atomic E-state index is -2.31. The van der Waals surface area contributed by atoms with Gasteiger partial charge in [0.15, 0.2) is 18.5 Å². The Labute approximate surface area is 235 Å². The first-order valence-electron chi connectivity index (χ1n) is 14.3. The van der Waals surface area contributed by atoms with E-state index in [9.17, 15) is 40.2 Å². The molecule has 2 aliphatic rings. The molecule has 2 rings (SSSR count). The number of carbonyl (C=O) groups is 2. The van der Waals surface area contributed by atoms with Crippen molar-refractivity contribution in [3.8, 4) is 0 Å². The van der Waals surface area contributed by atoms with Crippen LogP contribution in [0.1, 0.15) is 78.6 Å². The Morgan fingerprint density at radius 3 is 1.98 bits per heavy atom. The molecule has 0 aliphatic carbocycles. The van der Waals surface area contributed by atoms with Crippen LogP contribution in [-0.4, -0.2) is 117 Å². The second-order valence-corrected chi connectivity index (χ2v) is 11.0. The quantitative estimate of drug-likeness (QED) is 0.0984. The highest BCUT2D eigenvalue weighted by Crippen LogP contribution is 2.37. The van der Waals surface area contributed by atoms with E-state index in [4.69, 9.17) is 23.7 Å². The van der Waals surface area contributed by atoms with Crippen molar-refractivity contribution in [1.29, 1.82) is 0 Å². The van der Waals surface area contributed by atoms with Crippen LogP contribution < -0.4 is 0 Å². The van der Waals surface area contributed by atoms with Crippen LogP contribution >= 0.6 is 0 Å². The van der Waals surface area contributed by atoms with Crippen LogP contribution in [0, 0.1) is 5.92 Å². The lowest BCUT2D eigenvalue weighted by molar-refractivity contribution is -0.384. The first kappa shape index (κ1) is 34.8. The summed E-state index contributed by atoms with van der Waals surface area (Å²) in [6.45, 7) is 3.30. The van der Waals surface area contributed by atoms with Crippen molar-refractivity contribution >= 4 is 11.9 Å². The van der Waals surface area contributed by atoms with Crippen LogP contribution in [-0.2, 0) is 33.3 Å². The highest BCUT2D eigenvalue weighted by Gasteiger charge is 2.59. The Kier molecular flexibility index (Phi) is 14.7. The molecule has 0 saturated carbocycles. The number of aliphatic hydroxyl groups is 6. The van der Waals surface area contributed by atoms with E-state index >= 15 is 0 Å². The number of aliphatic hydroxyl groups excluding tert-OH is 6. The van der Waals surface area contributed by atoms with Crippen molar-refractivity contribution in [2.45, 2.75) is 133 Å². The lowest BCUT2D eigenvalue weighted by Gasteiger charge is -2.45. The molecule has 234 valence electrons. The summed E-state index contributed by atoms with van der Waals surface area (Å²) in [5.41, 5.74) is 0. The van der Waals surface area contributed by atoms with Crippen LogP contribution in [0.25, 0.3) is 0 Å². The molecule has 0 aromatic rings. The fourth-order valence-corrected chi connectivity index (χ4v) is 4.85. The van der Waals surface area contributed by atoms with Crippen molar-refractivity contribution in [3.63, 3.8) is 0 Å². The van der Waals surface area contributed by atoms with Gasteiger partial charge in [0.2, 0.25) is 5.79 Å². The molecule has 2 aliphatic heterocycles. The molecule has 13 nitrogen and oxygen atoms in total. The summed E-state index contributed by atoms with van der Waals surface area (Å²) in [7, 11) is 0. The molecule has 0 radical (unpaired) electrons. The maximum Gasteiger partial charge on any atom is 0.306 e. The molecule has 0 amide bonds. The molecule has 0 unspecified atom stereocenters. The summed E-state index contributed by atoms with van der Waals surface area (Å²) in [5.74, 6) is -3.69. The summed E-state index contributed by atoms with van der Waals surface area (Å²) in [5, 5.41) is 61.3. The summed E-state index contributed by atoms with van der Waals surface area (Å²) < 4.78 is 27.7. The zero-order valence-electron chi connectivity index (χ0n) is 23.7. The minimum Gasteiger partial charge on any atom is -0.455 e. The third-order valence-electron chi connectivity index (χ3n) is 7.11. The predicted molar refractivity (Wildman–Crippen MR) is 138 cm³/mol. The van der Waals surface area contributed by atoms with Gasteiger partial charge in [-0.2, -0.15) is 0 Å². The minimum absolute atomic E-state index is 0.0253. The number of rotatable bonds is 17. The van der Waals surface area contributed by atoms with Crippen molar-refractivity contribution < 1.29 is 63.9 Å². The maximum absolute atomic E-state index is 12.8. The fourth-order valence-electron chi connectivity index (χ4n) is 4.85. The van der Waals surface area contributed by atoms with Crippen LogP contribution in [0.5, 0.6) is 0 Å². The summed E-state index contributed by atoms with van der Waals surface area (Å²) >= 11 is 0. The second-order valence-electron chi connectivity index (χ2n) is 11.0. The number of carbonyl (C=O) groups excluding carboxylic acids is 2. The number of hydrogen-bond donors (Lipinski definition) is 6. The van der Waals surface area contributed by atoms with Gasteiger partial charge in [-0.25, -0.2) is 0 Å². The van der Waals surface area contributed by atoms with Crippen LogP contribution in [0.3, 0.4) is 0 Å². The monoisotopic (exact) mass is 580 g/mol. The van der Waals surface area contributed by atoms with Crippen molar-refractivity contribution in [2.24, 2.45) is 5.92 Å². The SMILES string of the molecule is CCCCCCCCCC(=O)O[C@@H]1[C@@H](O)[C@@H](O[C@]2(CO)O[C@H](CO)[C@@H](O)[C@@H]2O)O[C@H](CO)[C@H]1OC(=O)CC(C)C. The Morgan fingerprint density at radius 2 is 1.43 bits per heavy atom. The Bertz CT molecular complexity index is 765. The Morgan fingerprint density at radius 1 is 0.825 bits per heavy atom. The lowest BCUT2D eigenvalue weighted by atomic mass is 9.97. The van der Waals surface area contributed by atoms with E-state index in [0.717, 1.165) is 38.5 Å². The average molecular weight is 581 g/mol. The van der Waals surface area contributed by atoms with Gasteiger partial charge in [-0.15, -0.1) is 0 Å². The molecule has 2 heterocycles. The molecule has 2 saturated heterocycles. The third-order valence-corrected chi connectivity index (χ3v) is 7.11. The fraction of sp³-hybridized carbons (Fsp3) is 0.926. The van der Waals surface area contributed by atoms with Crippen molar-refractivity contribution in [3.05, 3.63) is 0 Å². The van der Waals surface area contributed by atoms with E-state index in [2.05, 4.69) is 6.92 Å². The van der Waals surface area contributed by atoms with Crippen LogP contribution in [0.4, 0.5) is 0 Å². The average Bonchev–Trinajstić information content (AvgIpc) is 3.16. The van der Waals surface area contributed by atoms with Gasteiger partial charge in [-0.1, -0.05) is 59.3 Å². The van der Waals surface area contributed by atoms with Crippen LogP contribution in [0.2, 0.25) is 0 Å². The molecular formula is C27H48O13. The zero-order valence-corrected chi connectivity index (χ0v) is 23.7. The predicted octanol–water partition coefficient (Wildman–Crippen LogP) is -0.107. The second kappa shape index (κ2) is 16.9. The number of hydrogen-bond acceptors (Lipinski definition) is 13. The molecular weight excluding hydrogens is 532 g/mol. The van der Waals surface area contributed by atoms with Crippen LogP contribution in [0.15, 0.2) is 0 Å². The van der Waals surface area contributed by atoms with Gasteiger partial charge >= 0.3 is 11.9 Å². The van der Waals surface area contributed by atoms with E-state index in [-0.39, 0.29) is 18.8 Å². The largest absolute Gasteiger partial charge is 0.455 e. The molecule has 0 bridgehead atoms.